The van der Waals surface area contributed by atoms with Crippen LogP contribution in [0.5, 0.6) is 17.2 Å². The van der Waals surface area contributed by atoms with E-state index in [-0.39, 0.29) is 0 Å². The monoisotopic (exact) mass is 416 g/mol. The van der Waals surface area contributed by atoms with Crippen LogP contribution < -0.4 is 14.2 Å². The van der Waals surface area contributed by atoms with Crippen LogP contribution in [0, 0.1) is 0 Å². The minimum Gasteiger partial charge on any atom is -0.497 e. The Labute approximate surface area is 183 Å². The van der Waals surface area contributed by atoms with Crippen molar-refractivity contribution in [3.8, 4) is 17.2 Å². The number of fused-ring (bicyclic) bond motifs is 1. The maximum atomic E-state index is 6.03. The molecule has 160 valence electrons. The molecular formula is C26H28N2O3. The second-order valence-corrected chi connectivity index (χ2v) is 7.33. The molecule has 0 amide bonds. The van der Waals surface area contributed by atoms with Crippen molar-refractivity contribution in [1.29, 1.82) is 0 Å². The van der Waals surface area contributed by atoms with Crippen molar-refractivity contribution in [3.05, 3.63) is 84.2 Å². The number of ether oxygens (including phenoxy) is 3. The summed E-state index contributed by atoms with van der Waals surface area (Å²) in [5.41, 5.74) is 3.40. The van der Waals surface area contributed by atoms with E-state index in [2.05, 4.69) is 29.7 Å². The smallest absolute Gasteiger partial charge is 0.147 e. The van der Waals surface area contributed by atoms with Crippen LogP contribution in [0.1, 0.15) is 24.7 Å². The molecule has 0 spiro atoms. The molecule has 0 saturated carbocycles. The fraction of sp³-hybridized carbons (Fsp3) is 0.269. The first kappa shape index (κ1) is 20.8. The molecule has 3 aromatic carbocycles. The minimum atomic E-state index is 0.430. The Morgan fingerprint density at radius 2 is 1.48 bits per heavy atom. The third kappa shape index (κ3) is 5.18. The lowest BCUT2D eigenvalue weighted by atomic mass is 10.2. The van der Waals surface area contributed by atoms with E-state index in [1.54, 1.807) is 7.11 Å². The van der Waals surface area contributed by atoms with Crippen LogP contribution in [-0.2, 0) is 19.6 Å². The van der Waals surface area contributed by atoms with Crippen LogP contribution in [0.25, 0.3) is 11.0 Å². The molecule has 1 heterocycles. The molecule has 0 bridgehead atoms. The summed E-state index contributed by atoms with van der Waals surface area (Å²) in [6.45, 7) is 4.01. The van der Waals surface area contributed by atoms with Gasteiger partial charge in [-0.1, -0.05) is 31.2 Å². The average Bonchev–Trinajstić information content (AvgIpc) is 3.18. The molecule has 0 N–H and O–H groups in total. The van der Waals surface area contributed by atoms with E-state index in [1.807, 2.05) is 54.6 Å². The molecule has 0 unspecified atom stereocenters. The van der Waals surface area contributed by atoms with Gasteiger partial charge in [-0.15, -0.1) is 0 Å². The zero-order valence-corrected chi connectivity index (χ0v) is 18.1. The highest BCUT2D eigenvalue weighted by atomic mass is 16.5. The summed E-state index contributed by atoms with van der Waals surface area (Å²) in [4.78, 5) is 4.80. The summed E-state index contributed by atoms with van der Waals surface area (Å²) in [6, 6.07) is 24.1. The summed E-state index contributed by atoms with van der Waals surface area (Å²) in [5.74, 6) is 3.45. The van der Waals surface area contributed by atoms with Crippen LogP contribution in [0.15, 0.2) is 72.8 Å². The molecule has 0 fully saturated rings. The van der Waals surface area contributed by atoms with Crippen molar-refractivity contribution in [2.24, 2.45) is 0 Å². The molecule has 4 rings (SSSR count). The van der Waals surface area contributed by atoms with Gasteiger partial charge in [-0.2, -0.15) is 0 Å². The molecule has 0 aliphatic carbocycles. The Bertz CT molecular complexity index is 1100. The highest BCUT2D eigenvalue weighted by molar-refractivity contribution is 5.75. The maximum absolute atomic E-state index is 6.03. The van der Waals surface area contributed by atoms with Crippen LogP contribution in [0.3, 0.4) is 0 Å². The Morgan fingerprint density at radius 3 is 2.23 bits per heavy atom. The number of nitrogens with zero attached hydrogens (tertiary/aromatic N) is 2. The predicted octanol–water partition coefficient (Wildman–Crippen LogP) is 5.66. The van der Waals surface area contributed by atoms with Crippen molar-refractivity contribution in [1.82, 2.24) is 9.55 Å². The lowest BCUT2D eigenvalue weighted by Crippen LogP contribution is -2.10. The first-order chi connectivity index (χ1) is 15.3. The number of para-hydroxylation sites is 2. The van der Waals surface area contributed by atoms with Gasteiger partial charge in [0, 0.05) is 6.54 Å². The van der Waals surface area contributed by atoms with Crippen LogP contribution in [0.4, 0.5) is 0 Å². The van der Waals surface area contributed by atoms with E-state index in [9.17, 15) is 0 Å². The fourth-order valence-corrected chi connectivity index (χ4v) is 3.54. The number of rotatable bonds is 10. The van der Waals surface area contributed by atoms with Gasteiger partial charge in [-0.05, 0) is 66.9 Å². The van der Waals surface area contributed by atoms with Crippen LogP contribution in [0.2, 0.25) is 0 Å². The largest absolute Gasteiger partial charge is 0.497 e. The van der Waals surface area contributed by atoms with Gasteiger partial charge in [0.15, 0.2) is 0 Å². The lowest BCUT2D eigenvalue weighted by molar-refractivity contribution is 0.280. The van der Waals surface area contributed by atoms with E-state index in [1.165, 1.54) is 5.56 Å². The van der Waals surface area contributed by atoms with E-state index in [0.29, 0.717) is 13.2 Å². The van der Waals surface area contributed by atoms with Crippen molar-refractivity contribution in [3.63, 3.8) is 0 Å². The van der Waals surface area contributed by atoms with Gasteiger partial charge in [-0.25, -0.2) is 4.98 Å². The number of methoxy groups -OCH3 is 1. The van der Waals surface area contributed by atoms with Gasteiger partial charge < -0.3 is 18.8 Å². The molecule has 0 aliphatic heterocycles. The van der Waals surface area contributed by atoms with Crippen molar-refractivity contribution < 1.29 is 14.2 Å². The maximum Gasteiger partial charge on any atom is 0.147 e. The Morgan fingerprint density at radius 1 is 0.806 bits per heavy atom. The highest BCUT2D eigenvalue weighted by Crippen LogP contribution is 2.20. The molecule has 0 radical (unpaired) electrons. The third-order valence-electron chi connectivity index (χ3n) is 5.29. The van der Waals surface area contributed by atoms with Crippen molar-refractivity contribution in [2.45, 2.75) is 32.9 Å². The van der Waals surface area contributed by atoms with Crippen molar-refractivity contribution in [2.75, 3.05) is 13.7 Å². The summed E-state index contributed by atoms with van der Waals surface area (Å²) < 4.78 is 19.3. The second kappa shape index (κ2) is 10.0. The van der Waals surface area contributed by atoms with Crippen LogP contribution >= 0.6 is 0 Å². The Kier molecular flexibility index (Phi) is 6.72. The van der Waals surface area contributed by atoms with E-state index in [4.69, 9.17) is 19.2 Å². The molecule has 31 heavy (non-hydrogen) atoms. The number of benzene rings is 3. The quantitative estimate of drug-likeness (QED) is 0.313. The van der Waals surface area contributed by atoms with Gasteiger partial charge in [-0.3, -0.25) is 0 Å². The number of hydrogen-bond donors (Lipinski definition) is 0. The molecule has 4 aromatic rings. The molecule has 5 nitrogen and oxygen atoms in total. The number of hydrogen-bond acceptors (Lipinski definition) is 4. The predicted molar refractivity (Wildman–Crippen MR) is 123 cm³/mol. The van der Waals surface area contributed by atoms with E-state index < -0.39 is 0 Å². The summed E-state index contributed by atoms with van der Waals surface area (Å²) in [7, 11) is 1.66. The van der Waals surface area contributed by atoms with Gasteiger partial charge >= 0.3 is 0 Å². The SMILES string of the molecule is CCc1ccc(OCc2nc3ccccc3n2CCCOc2ccc(OC)cc2)cc1. The summed E-state index contributed by atoms with van der Waals surface area (Å²) in [6.07, 6.45) is 1.89. The van der Waals surface area contributed by atoms with Gasteiger partial charge in [0.1, 0.15) is 29.7 Å². The minimum absolute atomic E-state index is 0.430. The summed E-state index contributed by atoms with van der Waals surface area (Å²) >= 11 is 0. The molecule has 0 aliphatic rings. The standard InChI is InChI=1S/C26H28N2O3/c1-3-20-9-11-23(12-10-20)31-19-26-27-24-7-4-5-8-25(24)28(26)17-6-18-30-22-15-13-21(29-2)14-16-22/h4-5,7-16H,3,6,17-19H2,1-2H3. The molecule has 5 heteroatoms. The molecular weight excluding hydrogens is 388 g/mol. The molecule has 1 aromatic heterocycles. The molecule has 0 atom stereocenters. The topological polar surface area (TPSA) is 45.5 Å². The summed E-state index contributed by atoms with van der Waals surface area (Å²) in [5, 5.41) is 0. The number of imidazole rings is 1. The van der Waals surface area contributed by atoms with Crippen LogP contribution in [-0.4, -0.2) is 23.3 Å². The zero-order valence-electron chi connectivity index (χ0n) is 18.1. The van der Waals surface area contributed by atoms with Gasteiger partial charge in [0.05, 0.1) is 24.8 Å². The van der Waals surface area contributed by atoms with Gasteiger partial charge in [0.2, 0.25) is 0 Å². The first-order valence-corrected chi connectivity index (χ1v) is 10.7. The van der Waals surface area contributed by atoms with E-state index >= 15 is 0 Å². The Hall–Kier alpha value is -3.47. The molecule has 0 saturated heterocycles. The first-order valence-electron chi connectivity index (χ1n) is 10.7. The number of aromatic nitrogens is 2. The van der Waals surface area contributed by atoms with Gasteiger partial charge in [0.25, 0.3) is 0 Å². The normalized spacial score (nSPS) is 10.9. The highest BCUT2D eigenvalue weighted by Gasteiger charge is 2.11. The van der Waals surface area contributed by atoms with Crippen molar-refractivity contribution >= 4 is 11.0 Å². The fourth-order valence-electron chi connectivity index (χ4n) is 3.54. The zero-order chi connectivity index (χ0) is 21.5. The van der Waals surface area contributed by atoms with E-state index in [0.717, 1.165) is 53.5 Å². The number of aryl methyl sites for hydroxylation is 2. The second-order valence-electron chi connectivity index (χ2n) is 7.33. The lowest BCUT2D eigenvalue weighted by Gasteiger charge is -2.12. The Balaban J connectivity index is 1.40. The average molecular weight is 417 g/mol. The third-order valence-corrected chi connectivity index (χ3v) is 5.29.